The fourth-order valence-corrected chi connectivity index (χ4v) is 1.25. The van der Waals surface area contributed by atoms with Gasteiger partial charge in [0.1, 0.15) is 22.8 Å². The maximum absolute atomic E-state index is 8.03. The summed E-state index contributed by atoms with van der Waals surface area (Å²) in [5.41, 5.74) is 1.25. The van der Waals surface area contributed by atoms with Gasteiger partial charge in [-0.2, -0.15) is 0 Å². The van der Waals surface area contributed by atoms with Crippen LogP contribution in [-0.4, -0.2) is 61.4 Å². The van der Waals surface area contributed by atoms with E-state index in [4.69, 9.17) is 25.6 Å². The van der Waals surface area contributed by atoms with Gasteiger partial charge in [0.25, 0.3) is 0 Å². The van der Waals surface area contributed by atoms with Crippen LogP contribution in [0.2, 0.25) is 0 Å². The monoisotopic (exact) mass is 455 g/mol. The predicted octanol–water partition coefficient (Wildman–Crippen LogP) is 3.45. The predicted molar refractivity (Wildman–Crippen MR) is 108 cm³/mol. The number of nitrogens with zero attached hydrogens (tertiary/aromatic N) is 5. The summed E-state index contributed by atoms with van der Waals surface area (Å²) in [6.45, 7) is 10.8. The molecule has 0 spiro atoms. The van der Waals surface area contributed by atoms with Crippen LogP contribution in [0.25, 0.3) is 0 Å². The number of aromatic nitrogens is 1. The summed E-state index contributed by atoms with van der Waals surface area (Å²) in [7, 11) is 0. The van der Waals surface area contributed by atoms with Gasteiger partial charge in [-0.25, -0.2) is 0 Å². The van der Waals surface area contributed by atoms with Crippen LogP contribution in [0.1, 0.15) is 40.5 Å². The molecular weight excluding hydrogens is 425 g/mol. The van der Waals surface area contributed by atoms with Gasteiger partial charge in [0.05, 0.1) is 0 Å². The van der Waals surface area contributed by atoms with E-state index in [0.29, 0.717) is 29.0 Å². The molecule has 167 valence electrons. The molecule has 1 aromatic heterocycles. The average Bonchev–Trinajstić information content (AvgIpc) is 3.24. The molecule has 10 nitrogen and oxygen atoms in total. The summed E-state index contributed by atoms with van der Waals surface area (Å²) in [5.74, 6) is 0. The first-order chi connectivity index (χ1) is 13.3. The van der Waals surface area contributed by atoms with Crippen molar-refractivity contribution in [3.05, 3.63) is 37.5 Å². The van der Waals surface area contributed by atoms with Crippen LogP contribution in [0, 0.1) is 6.92 Å². The molecule has 11 heteroatoms. The minimum absolute atomic E-state index is 0. The van der Waals surface area contributed by atoms with Crippen molar-refractivity contribution in [3.63, 3.8) is 0 Å². The van der Waals surface area contributed by atoms with Crippen LogP contribution in [0.5, 0.6) is 0 Å². The van der Waals surface area contributed by atoms with Gasteiger partial charge in [0, 0.05) is 35.8 Å². The fourth-order valence-electron chi connectivity index (χ4n) is 1.25. The molecule has 29 heavy (non-hydrogen) atoms. The third-order valence-corrected chi connectivity index (χ3v) is 3.24. The van der Waals surface area contributed by atoms with Crippen molar-refractivity contribution in [3.8, 4) is 0 Å². The molecule has 1 atom stereocenters. The summed E-state index contributed by atoms with van der Waals surface area (Å²) in [6, 6.07) is 5.72. The van der Waals surface area contributed by atoms with Crippen molar-refractivity contribution in [2.75, 3.05) is 6.61 Å². The van der Waals surface area contributed by atoms with Gasteiger partial charge < -0.3 is 32.5 Å². The van der Waals surface area contributed by atoms with Crippen molar-refractivity contribution in [1.82, 2.24) is 4.98 Å². The molecular formula is C18H30CoN5O5-. The molecule has 0 aliphatic carbocycles. The van der Waals surface area contributed by atoms with E-state index in [9.17, 15) is 0 Å². The van der Waals surface area contributed by atoms with Gasteiger partial charge in [-0.15, -0.1) is 0 Å². The van der Waals surface area contributed by atoms with E-state index in [1.54, 1.807) is 12.4 Å². The molecule has 0 amide bonds. The van der Waals surface area contributed by atoms with E-state index in [0.717, 1.165) is 13.0 Å². The topological polar surface area (TPSA) is 152 Å². The second kappa shape index (κ2) is 21.8. The van der Waals surface area contributed by atoms with Crippen molar-refractivity contribution < 1.29 is 42.3 Å². The Hall–Kier alpha value is -2.50. The smallest absolute Gasteiger partial charge is 0.101 e. The van der Waals surface area contributed by atoms with E-state index in [2.05, 4.69) is 32.5 Å². The Morgan fingerprint density at radius 2 is 1.21 bits per heavy atom. The Morgan fingerprint density at radius 3 is 1.31 bits per heavy atom. The zero-order valence-corrected chi connectivity index (χ0v) is 18.1. The van der Waals surface area contributed by atoms with E-state index in [-0.39, 0.29) is 16.8 Å². The van der Waals surface area contributed by atoms with Crippen molar-refractivity contribution >= 4 is 22.8 Å². The summed E-state index contributed by atoms with van der Waals surface area (Å²) < 4.78 is 5.04. The maximum atomic E-state index is 8.03. The molecule has 1 aromatic rings. The summed E-state index contributed by atoms with van der Waals surface area (Å²) in [6.07, 6.45) is 6.15. The Bertz CT molecular complexity index is 528. The average molecular weight is 455 g/mol. The minimum Gasteiger partial charge on any atom is -0.411 e. The van der Waals surface area contributed by atoms with E-state index in [1.807, 2.05) is 18.2 Å². The van der Waals surface area contributed by atoms with Gasteiger partial charge in [0.15, 0.2) is 0 Å². The maximum Gasteiger partial charge on any atom is 0.101 e. The van der Waals surface area contributed by atoms with E-state index >= 15 is 0 Å². The largest absolute Gasteiger partial charge is 0.411 e. The molecule has 1 saturated heterocycles. The normalized spacial score (nSPS) is 16.7. The second-order valence-corrected chi connectivity index (χ2v) is 5.40. The summed E-state index contributed by atoms with van der Waals surface area (Å²) >= 11 is 0. The van der Waals surface area contributed by atoms with Gasteiger partial charge in [0.2, 0.25) is 0 Å². The van der Waals surface area contributed by atoms with Gasteiger partial charge in [-0.05, 0) is 46.2 Å². The number of rotatable bonds is 2. The minimum atomic E-state index is 0. The van der Waals surface area contributed by atoms with Crippen molar-refractivity contribution in [1.29, 1.82) is 0 Å². The van der Waals surface area contributed by atoms with Crippen molar-refractivity contribution in [2.45, 2.75) is 46.6 Å². The summed E-state index contributed by atoms with van der Waals surface area (Å²) in [4.78, 5) is 3.78. The first-order valence-electron chi connectivity index (χ1n) is 8.39. The van der Waals surface area contributed by atoms with Crippen LogP contribution in [0.4, 0.5) is 0 Å². The van der Waals surface area contributed by atoms with Gasteiger partial charge in [-0.1, -0.05) is 39.2 Å². The van der Waals surface area contributed by atoms with E-state index < -0.39 is 0 Å². The summed E-state index contributed by atoms with van der Waals surface area (Å²) in [5, 5.41) is 43.3. The molecule has 2 heterocycles. The molecule has 0 aromatic carbocycles. The third-order valence-electron chi connectivity index (χ3n) is 3.24. The quantitative estimate of drug-likeness (QED) is 0.232. The molecule has 0 bridgehead atoms. The molecule has 1 aliphatic rings. The third kappa shape index (κ3) is 20.0. The van der Waals surface area contributed by atoms with E-state index in [1.165, 1.54) is 34.1 Å². The van der Waals surface area contributed by atoms with Crippen LogP contribution < -0.4 is 0 Å². The Balaban J connectivity index is -0.000000309. The number of oxime groups is 4. The number of hydrogen-bond donors (Lipinski definition) is 4. The van der Waals surface area contributed by atoms with Gasteiger partial charge >= 0.3 is 0 Å². The molecule has 0 saturated carbocycles. The Labute approximate surface area is 181 Å². The van der Waals surface area contributed by atoms with Crippen LogP contribution in [0.3, 0.4) is 0 Å². The zero-order chi connectivity index (χ0) is 21.8. The SMILES string of the molecule is CC(=N\O)/C(C)=N/O.CC(=N\O)/C(C)=N/O.[CH2-]C1CCCO1.[Co].c1ccncc1. The first kappa shape index (κ1) is 31.2. The zero-order valence-electron chi connectivity index (χ0n) is 17.1. The van der Waals surface area contributed by atoms with Crippen molar-refractivity contribution in [2.24, 2.45) is 20.6 Å². The molecule has 1 radical (unpaired) electrons. The number of pyridine rings is 1. The fraction of sp³-hybridized carbons (Fsp3) is 0.444. The molecule has 2 rings (SSSR count). The second-order valence-electron chi connectivity index (χ2n) is 5.40. The molecule has 1 fully saturated rings. The molecule has 4 N–H and O–H groups in total. The van der Waals surface area contributed by atoms with Crippen LogP contribution in [-0.2, 0) is 21.5 Å². The molecule has 1 aliphatic heterocycles. The Morgan fingerprint density at radius 1 is 0.828 bits per heavy atom. The number of ether oxygens (including phenoxy) is 1. The van der Waals surface area contributed by atoms with Crippen LogP contribution in [0.15, 0.2) is 51.2 Å². The van der Waals surface area contributed by atoms with Crippen LogP contribution >= 0.6 is 0 Å². The standard InChI is InChI=1S/C5H5N.C5H9O.2C4H8N2O2.Co/c1-2-4-6-5-3-1;1-5-3-2-4-6-5;2*1-3(5-7)4(2)6-8;/h1-5H;5H,1-4H2;2*7-8H,1-2H3;/q;-1;;;/b;;2*5-3+,6-4+;. The number of hydrogen-bond acceptors (Lipinski definition) is 10. The first-order valence-corrected chi connectivity index (χ1v) is 8.39. The molecule has 1 unspecified atom stereocenters. The Kier molecular flexibility index (Phi) is 23.4. The van der Waals surface area contributed by atoms with Gasteiger partial charge in [-0.3, -0.25) is 4.98 Å².